The summed E-state index contributed by atoms with van der Waals surface area (Å²) < 4.78 is 0. The van der Waals surface area contributed by atoms with Gasteiger partial charge in [-0.1, -0.05) is 13.0 Å². The van der Waals surface area contributed by atoms with Gasteiger partial charge in [-0.15, -0.1) is 0 Å². The van der Waals surface area contributed by atoms with Gasteiger partial charge in [-0.2, -0.15) is 0 Å². The van der Waals surface area contributed by atoms with Gasteiger partial charge in [0, 0.05) is 37.6 Å². The van der Waals surface area contributed by atoms with Gasteiger partial charge in [-0.3, -0.25) is 9.88 Å². The molecule has 4 nitrogen and oxygen atoms in total. The van der Waals surface area contributed by atoms with Crippen LogP contribution in [-0.4, -0.2) is 53.5 Å². The van der Waals surface area contributed by atoms with E-state index < -0.39 is 0 Å². The van der Waals surface area contributed by atoms with Gasteiger partial charge in [0.15, 0.2) is 0 Å². The van der Waals surface area contributed by atoms with E-state index in [1.54, 1.807) is 0 Å². The van der Waals surface area contributed by atoms with Crippen LogP contribution in [-0.2, 0) is 0 Å². The smallest absolute Gasteiger partial charge is 0.0515 e. The van der Waals surface area contributed by atoms with E-state index in [1.165, 1.54) is 18.5 Å². The highest BCUT2D eigenvalue weighted by atomic mass is 15.3. The van der Waals surface area contributed by atoms with Crippen molar-refractivity contribution in [1.82, 2.24) is 14.8 Å². The van der Waals surface area contributed by atoms with Gasteiger partial charge in [0.25, 0.3) is 0 Å². The molecule has 0 aromatic carbocycles. The molecule has 0 aliphatic carbocycles. The molecule has 1 aliphatic rings. The Morgan fingerprint density at radius 1 is 1.45 bits per heavy atom. The third-order valence-electron chi connectivity index (χ3n) is 4.30. The highest BCUT2D eigenvalue weighted by molar-refractivity contribution is 5.16. The maximum Gasteiger partial charge on any atom is 0.0515 e. The third-order valence-corrected chi connectivity index (χ3v) is 4.30. The highest BCUT2D eigenvalue weighted by Gasteiger charge is 2.31. The van der Waals surface area contributed by atoms with Gasteiger partial charge >= 0.3 is 0 Å². The van der Waals surface area contributed by atoms with Crippen molar-refractivity contribution in [1.29, 1.82) is 0 Å². The second kappa shape index (κ2) is 7.16. The largest absolute Gasteiger partial charge is 0.326 e. The Hall–Kier alpha value is -0.970. The predicted molar refractivity (Wildman–Crippen MR) is 83.5 cm³/mol. The Kier molecular flexibility index (Phi) is 5.52. The highest BCUT2D eigenvalue weighted by Crippen LogP contribution is 2.28. The average molecular weight is 276 g/mol. The molecule has 112 valence electrons. The topological polar surface area (TPSA) is 45.4 Å². The molecule has 1 aromatic heterocycles. The number of rotatable bonds is 4. The second-order valence-electron chi connectivity index (χ2n) is 6.01. The van der Waals surface area contributed by atoms with E-state index >= 15 is 0 Å². The van der Waals surface area contributed by atoms with Crippen LogP contribution in [0.1, 0.15) is 38.3 Å². The number of nitrogens with two attached hydrogens (primary N) is 1. The minimum Gasteiger partial charge on any atom is -0.326 e. The lowest BCUT2D eigenvalue weighted by Gasteiger charge is -2.39. The summed E-state index contributed by atoms with van der Waals surface area (Å²) in [6.45, 7) is 7.80. The van der Waals surface area contributed by atoms with Crippen molar-refractivity contribution < 1.29 is 0 Å². The van der Waals surface area contributed by atoms with Gasteiger partial charge in [0.2, 0.25) is 0 Å². The second-order valence-corrected chi connectivity index (χ2v) is 6.01. The van der Waals surface area contributed by atoms with Crippen LogP contribution < -0.4 is 5.73 Å². The van der Waals surface area contributed by atoms with Crippen LogP contribution in [0.15, 0.2) is 24.5 Å². The van der Waals surface area contributed by atoms with Crippen molar-refractivity contribution in [2.45, 2.75) is 44.8 Å². The summed E-state index contributed by atoms with van der Waals surface area (Å²) in [6, 6.07) is 5.10. The first-order chi connectivity index (χ1) is 9.63. The van der Waals surface area contributed by atoms with Crippen LogP contribution in [0, 0.1) is 0 Å². The Bertz CT molecular complexity index is 393. The summed E-state index contributed by atoms with van der Waals surface area (Å²) in [7, 11) is 2.22. The van der Waals surface area contributed by atoms with Gasteiger partial charge in [0.1, 0.15) is 0 Å². The van der Waals surface area contributed by atoms with Crippen LogP contribution in [0.25, 0.3) is 0 Å². The number of hydrogen-bond acceptors (Lipinski definition) is 4. The van der Waals surface area contributed by atoms with Gasteiger partial charge < -0.3 is 10.6 Å². The molecular weight excluding hydrogens is 248 g/mol. The first-order valence-electron chi connectivity index (χ1n) is 7.73. The third kappa shape index (κ3) is 3.57. The minimum absolute atomic E-state index is 0.108. The van der Waals surface area contributed by atoms with E-state index in [0.29, 0.717) is 6.04 Å². The minimum atomic E-state index is 0.108. The summed E-state index contributed by atoms with van der Waals surface area (Å²) >= 11 is 0. The van der Waals surface area contributed by atoms with E-state index in [9.17, 15) is 0 Å². The summed E-state index contributed by atoms with van der Waals surface area (Å²) in [5, 5.41) is 0. The maximum absolute atomic E-state index is 6.32. The standard InChI is InChI=1S/C16H28N4/c1-4-15-12-19(3)9-6-10-20(15)16(13(2)17)14-7-5-8-18-11-14/h5,7-8,11,13,15-16H,4,6,9-10,12,17H2,1-3H3. The van der Waals surface area contributed by atoms with Gasteiger partial charge in [0.05, 0.1) is 6.04 Å². The summed E-state index contributed by atoms with van der Waals surface area (Å²) in [5.74, 6) is 0. The lowest BCUT2D eigenvalue weighted by atomic mass is 9.98. The average Bonchev–Trinajstić information content (AvgIpc) is 2.62. The summed E-state index contributed by atoms with van der Waals surface area (Å²) in [5.41, 5.74) is 7.56. The number of pyridine rings is 1. The molecule has 0 amide bonds. The van der Waals surface area contributed by atoms with Crippen molar-refractivity contribution in [3.8, 4) is 0 Å². The van der Waals surface area contributed by atoms with Gasteiger partial charge in [-0.25, -0.2) is 0 Å². The lowest BCUT2D eigenvalue weighted by molar-refractivity contribution is 0.113. The quantitative estimate of drug-likeness (QED) is 0.912. The molecule has 2 heterocycles. The predicted octanol–water partition coefficient (Wildman–Crippen LogP) is 1.89. The maximum atomic E-state index is 6.32. The molecule has 3 unspecified atom stereocenters. The Morgan fingerprint density at radius 3 is 2.85 bits per heavy atom. The molecular formula is C16H28N4. The summed E-state index contributed by atoms with van der Waals surface area (Å²) in [4.78, 5) is 9.32. The number of likely N-dealkylation sites (N-methyl/N-ethyl adjacent to an activating group) is 1. The first kappa shape index (κ1) is 15.4. The number of aromatic nitrogens is 1. The van der Waals surface area contributed by atoms with E-state index in [4.69, 9.17) is 5.73 Å². The number of hydrogen-bond donors (Lipinski definition) is 1. The fourth-order valence-electron chi connectivity index (χ4n) is 3.34. The zero-order valence-corrected chi connectivity index (χ0v) is 13.0. The Morgan fingerprint density at radius 2 is 2.25 bits per heavy atom. The molecule has 0 radical (unpaired) electrons. The molecule has 1 aromatic rings. The Labute approximate surface area is 123 Å². The molecule has 2 rings (SSSR count). The SMILES string of the molecule is CCC1CN(C)CCCN1C(c1cccnc1)C(C)N. The fraction of sp³-hybridized carbons (Fsp3) is 0.688. The fourth-order valence-corrected chi connectivity index (χ4v) is 3.34. The normalized spacial score (nSPS) is 25.1. The Balaban J connectivity index is 2.27. The van der Waals surface area contributed by atoms with Crippen LogP contribution in [0.3, 0.4) is 0 Å². The van der Waals surface area contributed by atoms with Crippen LogP contribution >= 0.6 is 0 Å². The monoisotopic (exact) mass is 276 g/mol. The molecule has 0 spiro atoms. The van der Waals surface area contributed by atoms with Crippen molar-refractivity contribution in [3.05, 3.63) is 30.1 Å². The molecule has 3 atom stereocenters. The van der Waals surface area contributed by atoms with Crippen molar-refractivity contribution in [2.75, 3.05) is 26.7 Å². The molecule has 2 N–H and O–H groups in total. The van der Waals surface area contributed by atoms with E-state index in [1.807, 2.05) is 18.5 Å². The molecule has 0 saturated carbocycles. The van der Waals surface area contributed by atoms with Crippen LogP contribution in [0.5, 0.6) is 0 Å². The first-order valence-corrected chi connectivity index (χ1v) is 7.73. The zero-order chi connectivity index (χ0) is 14.5. The molecule has 1 fully saturated rings. The van der Waals surface area contributed by atoms with Crippen LogP contribution in [0.2, 0.25) is 0 Å². The van der Waals surface area contributed by atoms with E-state index in [2.05, 4.69) is 41.7 Å². The van der Waals surface area contributed by atoms with Crippen molar-refractivity contribution in [3.63, 3.8) is 0 Å². The molecule has 1 saturated heterocycles. The molecule has 1 aliphatic heterocycles. The van der Waals surface area contributed by atoms with E-state index in [-0.39, 0.29) is 12.1 Å². The van der Waals surface area contributed by atoms with Crippen molar-refractivity contribution in [2.24, 2.45) is 5.73 Å². The summed E-state index contributed by atoms with van der Waals surface area (Å²) in [6.07, 6.45) is 6.16. The van der Waals surface area contributed by atoms with Crippen LogP contribution in [0.4, 0.5) is 0 Å². The van der Waals surface area contributed by atoms with E-state index in [0.717, 1.165) is 19.5 Å². The molecule has 20 heavy (non-hydrogen) atoms. The molecule has 4 heteroatoms. The van der Waals surface area contributed by atoms with Crippen molar-refractivity contribution >= 4 is 0 Å². The zero-order valence-electron chi connectivity index (χ0n) is 13.0. The molecule has 0 bridgehead atoms. The lowest BCUT2D eigenvalue weighted by Crippen LogP contribution is -2.47. The van der Waals surface area contributed by atoms with Gasteiger partial charge in [-0.05, 0) is 45.0 Å². The number of nitrogens with zero attached hydrogens (tertiary/aromatic N) is 3.